The molecule has 3 rings (SSSR count). The molecule has 1 aromatic carbocycles. The fourth-order valence-corrected chi connectivity index (χ4v) is 2.34. The lowest BCUT2D eigenvalue weighted by Crippen LogP contribution is -2.37. The third-order valence-corrected chi connectivity index (χ3v) is 3.84. The van der Waals surface area contributed by atoms with Crippen molar-refractivity contribution in [2.75, 3.05) is 6.54 Å². The van der Waals surface area contributed by atoms with Crippen molar-refractivity contribution < 1.29 is 0 Å². The van der Waals surface area contributed by atoms with Crippen molar-refractivity contribution in [1.82, 2.24) is 20.5 Å². The highest BCUT2D eigenvalue weighted by molar-refractivity contribution is 5.77. The van der Waals surface area contributed by atoms with Gasteiger partial charge in [0.1, 0.15) is 6.33 Å². The fourth-order valence-electron chi connectivity index (χ4n) is 2.34. The number of hydrogen-bond acceptors (Lipinski definition) is 3. The van der Waals surface area contributed by atoms with E-state index in [4.69, 9.17) is 5.73 Å². The minimum absolute atomic E-state index is 0.520. The van der Waals surface area contributed by atoms with E-state index in [9.17, 15) is 0 Å². The van der Waals surface area contributed by atoms with Crippen LogP contribution in [0, 0.1) is 5.92 Å². The Morgan fingerprint density at radius 2 is 2.33 bits per heavy atom. The largest absolute Gasteiger partial charge is 0.370 e. The van der Waals surface area contributed by atoms with Crippen LogP contribution in [-0.4, -0.2) is 27.7 Å². The Bertz CT molecular complexity index is 600. The summed E-state index contributed by atoms with van der Waals surface area (Å²) in [6, 6.07) is 8.05. The molecule has 0 saturated heterocycles. The molecule has 0 atom stereocenters. The predicted molar refractivity (Wildman–Crippen MR) is 82.5 cm³/mol. The summed E-state index contributed by atoms with van der Waals surface area (Å²) in [6.45, 7) is 1.50. The standard InChI is InChI=1S/C15H20N6/c16-15(17-8-11-3-1-4-11)18-9-12-5-2-6-13(7-12)14-19-10-20-21-14/h2,5-7,10-11H,1,3-4,8-9H2,(H3,16,17,18)(H,19,20,21). The monoisotopic (exact) mass is 284 g/mol. The Labute approximate surface area is 123 Å². The number of benzene rings is 1. The third-order valence-electron chi connectivity index (χ3n) is 3.84. The number of aromatic amines is 1. The number of aliphatic imine (C=N–C) groups is 1. The van der Waals surface area contributed by atoms with Crippen molar-refractivity contribution in [2.45, 2.75) is 25.8 Å². The van der Waals surface area contributed by atoms with Crippen LogP contribution in [0.5, 0.6) is 0 Å². The van der Waals surface area contributed by atoms with Crippen molar-refractivity contribution in [3.63, 3.8) is 0 Å². The van der Waals surface area contributed by atoms with Gasteiger partial charge in [-0.05, 0) is 30.4 Å². The van der Waals surface area contributed by atoms with E-state index >= 15 is 0 Å². The Balaban J connectivity index is 1.58. The van der Waals surface area contributed by atoms with Crippen molar-refractivity contribution in [2.24, 2.45) is 16.6 Å². The normalized spacial score (nSPS) is 15.7. The summed E-state index contributed by atoms with van der Waals surface area (Å²) in [5, 5.41) is 9.92. The summed E-state index contributed by atoms with van der Waals surface area (Å²) in [5.41, 5.74) is 7.99. The molecule has 0 radical (unpaired) electrons. The van der Waals surface area contributed by atoms with Gasteiger partial charge in [-0.15, -0.1) is 0 Å². The van der Waals surface area contributed by atoms with Gasteiger partial charge in [0, 0.05) is 12.1 Å². The maximum atomic E-state index is 5.89. The number of nitrogens with two attached hydrogens (primary N) is 1. The van der Waals surface area contributed by atoms with E-state index < -0.39 is 0 Å². The molecule has 0 amide bonds. The van der Waals surface area contributed by atoms with Gasteiger partial charge in [-0.3, -0.25) is 5.10 Å². The first-order valence-electron chi connectivity index (χ1n) is 7.30. The maximum absolute atomic E-state index is 5.89. The van der Waals surface area contributed by atoms with E-state index in [1.54, 1.807) is 0 Å². The highest BCUT2D eigenvalue weighted by Crippen LogP contribution is 2.25. The lowest BCUT2D eigenvalue weighted by atomic mass is 9.85. The van der Waals surface area contributed by atoms with Crippen LogP contribution in [0.25, 0.3) is 11.4 Å². The minimum Gasteiger partial charge on any atom is -0.370 e. The van der Waals surface area contributed by atoms with Crippen molar-refractivity contribution in [3.8, 4) is 11.4 Å². The van der Waals surface area contributed by atoms with Gasteiger partial charge in [-0.25, -0.2) is 9.98 Å². The first kappa shape index (κ1) is 13.6. The number of rotatable bonds is 5. The van der Waals surface area contributed by atoms with Gasteiger partial charge in [0.05, 0.1) is 6.54 Å². The van der Waals surface area contributed by atoms with Crippen LogP contribution in [0.3, 0.4) is 0 Å². The lowest BCUT2D eigenvalue weighted by molar-refractivity contribution is 0.315. The van der Waals surface area contributed by atoms with Crippen molar-refractivity contribution >= 4 is 5.96 Å². The molecule has 1 fully saturated rings. The molecule has 110 valence electrons. The van der Waals surface area contributed by atoms with E-state index in [0.29, 0.717) is 12.5 Å². The van der Waals surface area contributed by atoms with Crippen LogP contribution >= 0.6 is 0 Å². The average molecular weight is 284 g/mol. The van der Waals surface area contributed by atoms with Gasteiger partial charge < -0.3 is 11.1 Å². The SMILES string of the molecule is NC(=NCc1cccc(-c2ncn[nH]2)c1)NCC1CCC1. The summed E-state index contributed by atoms with van der Waals surface area (Å²) >= 11 is 0. The van der Waals surface area contributed by atoms with Crippen LogP contribution in [0.4, 0.5) is 0 Å². The smallest absolute Gasteiger partial charge is 0.188 e. The number of nitrogens with one attached hydrogen (secondary N) is 2. The minimum atomic E-state index is 0.520. The van der Waals surface area contributed by atoms with E-state index in [-0.39, 0.29) is 0 Å². The van der Waals surface area contributed by atoms with E-state index in [1.807, 2.05) is 24.3 Å². The Kier molecular flexibility index (Phi) is 4.14. The van der Waals surface area contributed by atoms with E-state index in [1.165, 1.54) is 25.6 Å². The Hall–Kier alpha value is -2.37. The highest BCUT2D eigenvalue weighted by Gasteiger charge is 2.16. The molecule has 4 N–H and O–H groups in total. The summed E-state index contributed by atoms with van der Waals surface area (Å²) < 4.78 is 0. The third kappa shape index (κ3) is 3.59. The zero-order valence-corrected chi connectivity index (χ0v) is 11.9. The van der Waals surface area contributed by atoms with Crippen molar-refractivity contribution in [1.29, 1.82) is 0 Å². The second-order valence-electron chi connectivity index (χ2n) is 5.41. The Morgan fingerprint density at radius 1 is 1.43 bits per heavy atom. The van der Waals surface area contributed by atoms with Gasteiger partial charge in [0.2, 0.25) is 0 Å². The molecule has 1 aromatic heterocycles. The van der Waals surface area contributed by atoms with Gasteiger partial charge in [-0.2, -0.15) is 5.10 Å². The van der Waals surface area contributed by atoms with Gasteiger partial charge in [0.15, 0.2) is 11.8 Å². The molecule has 0 unspecified atom stereocenters. The molecule has 2 aromatic rings. The molecule has 1 saturated carbocycles. The quantitative estimate of drug-likeness (QED) is 0.575. The first-order chi connectivity index (χ1) is 10.3. The molecule has 1 heterocycles. The van der Waals surface area contributed by atoms with Crippen LogP contribution < -0.4 is 11.1 Å². The molecule has 1 aliphatic rings. The second-order valence-corrected chi connectivity index (χ2v) is 5.41. The molecule has 6 nitrogen and oxygen atoms in total. The van der Waals surface area contributed by atoms with Crippen LogP contribution in [-0.2, 0) is 6.54 Å². The van der Waals surface area contributed by atoms with Gasteiger partial charge in [0.25, 0.3) is 0 Å². The van der Waals surface area contributed by atoms with Crippen molar-refractivity contribution in [3.05, 3.63) is 36.2 Å². The zero-order chi connectivity index (χ0) is 14.5. The number of hydrogen-bond donors (Lipinski definition) is 3. The van der Waals surface area contributed by atoms with Crippen LogP contribution in [0.15, 0.2) is 35.6 Å². The molecule has 0 bridgehead atoms. The topological polar surface area (TPSA) is 92.0 Å². The second kappa shape index (κ2) is 6.39. The van der Waals surface area contributed by atoms with Crippen LogP contribution in [0.2, 0.25) is 0 Å². The number of H-pyrrole nitrogens is 1. The molecule has 21 heavy (non-hydrogen) atoms. The van der Waals surface area contributed by atoms with Crippen LogP contribution in [0.1, 0.15) is 24.8 Å². The highest BCUT2D eigenvalue weighted by atomic mass is 15.2. The molecule has 1 aliphatic carbocycles. The summed E-state index contributed by atoms with van der Waals surface area (Å²) in [7, 11) is 0. The van der Waals surface area contributed by atoms with Gasteiger partial charge in [-0.1, -0.05) is 24.6 Å². The van der Waals surface area contributed by atoms with Gasteiger partial charge >= 0.3 is 0 Å². The maximum Gasteiger partial charge on any atom is 0.188 e. The Morgan fingerprint density at radius 3 is 3.05 bits per heavy atom. The number of aromatic nitrogens is 3. The lowest BCUT2D eigenvalue weighted by Gasteiger charge is -2.25. The van der Waals surface area contributed by atoms with E-state index in [0.717, 1.165) is 29.4 Å². The predicted octanol–water partition coefficient (Wildman–Crippen LogP) is 1.68. The molecule has 0 spiro atoms. The summed E-state index contributed by atoms with van der Waals surface area (Å²) in [4.78, 5) is 8.53. The molecular weight excluding hydrogens is 264 g/mol. The average Bonchev–Trinajstić information content (AvgIpc) is 2.98. The molecule has 6 heteroatoms. The summed E-state index contributed by atoms with van der Waals surface area (Å²) in [5.74, 6) is 2.05. The molecule has 0 aliphatic heterocycles. The number of guanidine groups is 1. The fraction of sp³-hybridized carbons (Fsp3) is 0.400. The summed E-state index contributed by atoms with van der Waals surface area (Å²) in [6.07, 6.45) is 5.46. The molecular formula is C15H20N6. The zero-order valence-electron chi connectivity index (χ0n) is 11.9. The van der Waals surface area contributed by atoms with E-state index in [2.05, 4.69) is 25.5 Å². The number of nitrogens with zero attached hydrogens (tertiary/aromatic N) is 3. The first-order valence-corrected chi connectivity index (χ1v) is 7.30.